The fourth-order valence-electron chi connectivity index (χ4n) is 4.22. The summed E-state index contributed by atoms with van der Waals surface area (Å²) in [5.41, 5.74) is 0.472. The van der Waals surface area contributed by atoms with Gasteiger partial charge in [0.25, 0.3) is 0 Å². The molecule has 3 rings (SSSR count). The highest BCUT2D eigenvalue weighted by Crippen LogP contribution is 2.30. The zero-order chi connectivity index (χ0) is 24.9. The molecule has 0 aromatic heterocycles. The molecule has 1 N–H and O–H groups in total. The Balaban J connectivity index is 1.73. The SMILES string of the molecule is CCCN(Cc1ccc(C(F)(F)F)cc1)c1ccc(NC(=O)[C@H]2CCCCN2C(C)=O)cc1F. The number of alkyl halides is 3. The second kappa shape index (κ2) is 10.9. The topological polar surface area (TPSA) is 52.7 Å². The van der Waals surface area contributed by atoms with Crippen LogP contribution in [0.1, 0.15) is 50.7 Å². The van der Waals surface area contributed by atoms with Gasteiger partial charge in [-0.1, -0.05) is 19.1 Å². The average Bonchev–Trinajstić information content (AvgIpc) is 2.78. The maximum Gasteiger partial charge on any atom is 0.416 e. The van der Waals surface area contributed by atoms with Crippen LogP contribution < -0.4 is 10.2 Å². The Hall–Kier alpha value is -3.10. The molecule has 0 radical (unpaired) electrons. The fraction of sp³-hybridized carbons (Fsp3) is 0.440. The maximum absolute atomic E-state index is 15.0. The predicted molar refractivity (Wildman–Crippen MR) is 123 cm³/mol. The number of carbonyl (C=O) groups is 2. The van der Waals surface area contributed by atoms with Gasteiger partial charge in [-0.2, -0.15) is 13.2 Å². The lowest BCUT2D eigenvalue weighted by Crippen LogP contribution is -2.49. The Morgan fingerprint density at radius 2 is 1.82 bits per heavy atom. The first-order valence-electron chi connectivity index (χ1n) is 11.4. The highest BCUT2D eigenvalue weighted by Gasteiger charge is 2.31. The molecule has 0 bridgehead atoms. The minimum Gasteiger partial charge on any atom is -0.365 e. The third-order valence-electron chi connectivity index (χ3n) is 5.91. The van der Waals surface area contributed by atoms with E-state index in [1.54, 1.807) is 17.0 Å². The van der Waals surface area contributed by atoms with E-state index in [9.17, 15) is 22.8 Å². The van der Waals surface area contributed by atoms with Crippen LogP contribution in [0.25, 0.3) is 0 Å². The van der Waals surface area contributed by atoms with E-state index in [0.29, 0.717) is 37.2 Å². The number of piperidine rings is 1. The number of halogens is 4. The lowest BCUT2D eigenvalue weighted by atomic mass is 10.0. The van der Waals surface area contributed by atoms with Gasteiger partial charge >= 0.3 is 6.18 Å². The largest absolute Gasteiger partial charge is 0.416 e. The van der Waals surface area contributed by atoms with E-state index in [-0.39, 0.29) is 24.0 Å². The Kier molecular flexibility index (Phi) is 8.17. The number of nitrogens with zero attached hydrogens (tertiary/aromatic N) is 2. The van der Waals surface area contributed by atoms with Crippen molar-refractivity contribution in [1.29, 1.82) is 0 Å². The van der Waals surface area contributed by atoms with Gasteiger partial charge in [0.2, 0.25) is 11.8 Å². The lowest BCUT2D eigenvalue weighted by Gasteiger charge is -2.34. The third kappa shape index (κ3) is 6.27. The first-order valence-corrected chi connectivity index (χ1v) is 11.4. The number of hydrogen-bond donors (Lipinski definition) is 1. The molecule has 2 amide bonds. The van der Waals surface area contributed by atoms with E-state index in [1.807, 2.05) is 6.92 Å². The molecule has 1 fully saturated rings. The molecule has 2 aromatic carbocycles. The summed E-state index contributed by atoms with van der Waals surface area (Å²) in [6.45, 7) is 4.62. The van der Waals surface area contributed by atoms with Gasteiger partial charge in [-0.15, -0.1) is 0 Å². The van der Waals surface area contributed by atoms with E-state index >= 15 is 4.39 Å². The first kappa shape index (κ1) is 25.5. The maximum atomic E-state index is 15.0. The molecular formula is C25H29F4N3O2. The van der Waals surface area contributed by atoms with Crippen LogP contribution in [-0.4, -0.2) is 35.8 Å². The number of anilines is 2. The molecule has 1 saturated heterocycles. The second-order valence-corrected chi connectivity index (χ2v) is 8.50. The molecule has 34 heavy (non-hydrogen) atoms. The Morgan fingerprint density at radius 1 is 1.12 bits per heavy atom. The van der Waals surface area contributed by atoms with Crippen molar-refractivity contribution >= 4 is 23.2 Å². The minimum atomic E-state index is -4.41. The van der Waals surface area contributed by atoms with Crippen molar-refractivity contribution in [2.24, 2.45) is 0 Å². The van der Waals surface area contributed by atoms with Crippen LogP contribution in [0.3, 0.4) is 0 Å². The monoisotopic (exact) mass is 479 g/mol. The van der Waals surface area contributed by atoms with Crippen LogP contribution in [0, 0.1) is 5.82 Å². The molecular weight excluding hydrogens is 450 g/mol. The summed E-state index contributed by atoms with van der Waals surface area (Å²) >= 11 is 0. The van der Waals surface area contributed by atoms with Crippen molar-refractivity contribution in [3.05, 3.63) is 59.4 Å². The van der Waals surface area contributed by atoms with Crippen LogP contribution in [0.15, 0.2) is 42.5 Å². The van der Waals surface area contributed by atoms with Crippen LogP contribution in [-0.2, 0) is 22.3 Å². The summed E-state index contributed by atoms with van der Waals surface area (Å²) in [5, 5.41) is 2.71. The lowest BCUT2D eigenvalue weighted by molar-refractivity contribution is -0.138. The van der Waals surface area contributed by atoms with Gasteiger partial charge in [-0.25, -0.2) is 4.39 Å². The first-order chi connectivity index (χ1) is 16.1. The molecule has 0 spiro atoms. The number of hydrogen-bond acceptors (Lipinski definition) is 3. The molecule has 0 saturated carbocycles. The van der Waals surface area contributed by atoms with Crippen LogP contribution in [0.2, 0.25) is 0 Å². The van der Waals surface area contributed by atoms with Crippen LogP contribution >= 0.6 is 0 Å². The summed E-state index contributed by atoms with van der Waals surface area (Å²) in [5.74, 6) is -1.07. The fourth-order valence-corrected chi connectivity index (χ4v) is 4.22. The van der Waals surface area contributed by atoms with E-state index < -0.39 is 23.6 Å². The molecule has 2 aromatic rings. The predicted octanol–water partition coefficient (Wildman–Crippen LogP) is 5.60. The molecule has 1 heterocycles. The number of nitrogens with one attached hydrogen (secondary N) is 1. The van der Waals surface area contributed by atoms with Gasteiger partial charge in [0, 0.05) is 32.2 Å². The molecule has 0 unspecified atom stereocenters. The highest BCUT2D eigenvalue weighted by atomic mass is 19.4. The van der Waals surface area contributed by atoms with Gasteiger partial charge in [-0.3, -0.25) is 9.59 Å². The van der Waals surface area contributed by atoms with E-state index in [1.165, 1.54) is 30.0 Å². The summed E-state index contributed by atoms with van der Waals surface area (Å²) < 4.78 is 53.5. The normalized spacial score (nSPS) is 16.3. The van der Waals surface area contributed by atoms with Gasteiger partial charge in [-0.05, 0) is 61.6 Å². The van der Waals surface area contributed by atoms with E-state index in [2.05, 4.69) is 5.32 Å². The molecule has 9 heteroatoms. The molecule has 184 valence electrons. The van der Waals surface area contributed by atoms with Crippen molar-refractivity contribution in [1.82, 2.24) is 4.90 Å². The smallest absolute Gasteiger partial charge is 0.365 e. The molecule has 5 nitrogen and oxygen atoms in total. The standard InChI is InChI=1S/C25H29F4N3O2/c1-3-13-31(16-18-7-9-19(10-8-18)25(27,28)29)22-12-11-20(15-21(22)26)30-24(34)23-6-4-5-14-32(23)17(2)33/h7-12,15,23H,3-6,13-14,16H2,1-2H3,(H,30,34)/t23-/m1/s1. The summed E-state index contributed by atoms with van der Waals surface area (Å²) in [6.07, 6.45) is -1.46. The van der Waals surface area contributed by atoms with Crippen molar-refractivity contribution in [3.8, 4) is 0 Å². The van der Waals surface area contributed by atoms with Crippen molar-refractivity contribution < 1.29 is 27.2 Å². The van der Waals surface area contributed by atoms with Gasteiger partial charge in [0.1, 0.15) is 11.9 Å². The summed E-state index contributed by atoms with van der Waals surface area (Å²) in [4.78, 5) is 27.9. The van der Waals surface area contributed by atoms with Crippen molar-refractivity contribution in [3.63, 3.8) is 0 Å². The molecule has 0 aliphatic carbocycles. The Morgan fingerprint density at radius 3 is 2.41 bits per heavy atom. The summed E-state index contributed by atoms with van der Waals surface area (Å²) in [7, 11) is 0. The number of amides is 2. The number of carbonyl (C=O) groups excluding carboxylic acids is 2. The van der Waals surface area contributed by atoms with Crippen molar-refractivity contribution in [2.75, 3.05) is 23.3 Å². The van der Waals surface area contributed by atoms with Gasteiger partial charge in [0.05, 0.1) is 11.3 Å². The number of rotatable bonds is 7. The van der Waals surface area contributed by atoms with E-state index in [4.69, 9.17) is 0 Å². The molecule has 1 aliphatic heterocycles. The number of benzene rings is 2. The highest BCUT2D eigenvalue weighted by molar-refractivity contribution is 5.97. The van der Waals surface area contributed by atoms with Crippen LogP contribution in [0.5, 0.6) is 0 Å². The number of likely N-dealkylation sites (tertiary alicyclic amines) is 1. The molecule has 1 aliphatic rings. The summed E-state index contributed by atoms with van der Waals surface area (Å²) in [6, 6.07) is 8.61. The van der Waals surface area contributed by atoms with E-state index in [0.717, 1.165) is 25.0 Å². The Labute approximate surface area is 196 Å². The van der Waals surface area contributed by atoms with Gasteiger partial charge in [0.15, 0.2) is 0 Å². The zero-order valence-electron chi connectivity index (χ0n) is 19.3. The van der Waals surface area contributed by atoms with Crippen molar-refractivity contribution in [2.45, 2.75) is 58.3 Å². The van der Waals surface area contributed by atoms with Crippen LogP contribution in [0.4, 0.5) is 28.9 Å². The zero-order valence-corrected chi connectivity index (χ0v) is 19.3. The van der Waals surface area contributed by atoms with Gasteiger partial charge < -0.3 is 15.1 Å². The second-order valence-electron chi connectivity index (χ2n) is 8.50. The average molecular weight is 480 g/mol. The Bertz CT molecular complexity index is 1010. The minimum absolute atomic E-state index is 0.167. The molecule has 1 atom stereocenters. The third-order valence-corrected chi connectivity index (χ3v) is 5.91. The quantitative estimate of drug-likeness (QED) is 0.526.